The lowest BCUT2D eigenvalue weighted by atomic mass is 10.4. The van der Waals surface area contributed by atoms with Crippen molar-refractivity contribution in [1.29, 1.82) is 0 Å². The number of nitrogens with one attached hydrogen (secondary N) is 1. The van der Waals surface area contributed by atoms with E-state index in [0.717, 1.165) is 18.7 Å². The van der Waals surface area contributed by atoms with E-state index in [1.807, 2.05) is 0 Å². The molecular weight excluding hydrogens is 182 g/mol. The second-order valence-corrected chi connectivity index (χ2v) is 3.38. The van der Waals surface area contributed by atoms with Crippen LogP contribution in [0.15, 0.2) is 10.9 Å². The summed E-state index contributed by atoms with van der Waals surface area (Å²) in [5, 5.41) is 0. The van der Waals surface area contributed by atoms with E-state index in [9.17, 15) is 4.79 Å². The molecule has 0 amide bonds. The van der Waals surface area contributed by atoms with E-state index in [-0.39, 0.29) is 5.56 Å². The molecule has 0 atom stereocenters. The number of H-pyrrole nitrogens is 1. The lowest BCUT2D eigenvalue weighted by Gasteiger charge is -2.04. The minimum atomic E-state index is -0.158. The summed E-state index contributed by atoms with van der Waals surface area (Å²) in [4.78, 5) is 18.1. The Morgan fingerprint density at radius 3 is 3.07 bits per heavy atom. The number of hydrogen-bond donors (Lipinski definition) is 2. The molecule has 0 saturated heterocycles. The first kappa shape index (κ1) is 9.21. The van der Waals surface area contributed by atoms with Crippen LogP contribution in [-0.4, -0.2) is 23.1 Å². The van der Waals surface area contributed by atoms with E-state index in [2.05, 4.69) is 9.97 Å². The first-order valence-electron chi connectivity index (χ1n) is 4.73. The molecule has 0 radical (unpaired) electrons. The van der Waals surface area contributed by atoms with Crippen LogP contribution < -0.4 is 16.0 Å². The topological polar surface area (TPSA) is 81.0 Å². The van der Waals surface area contributed by atoms with Crippen LogP contribution in [0.5, 0.6) is 5.88 Å². The Morgan fingerprint density at radius 2 is 2.43 bits per heavy atom. The molecule has 1 aliphatic rings. The van der Waals surface area contributed by atoms with Gasteiger partial charge in [-0.25, -0.2) is 0 Å². The van der Waals surface area contributed by atoms with E-state index in [4.69, 9.17) is 10.5 Å². The van der Waals surface area contributed by atoms with Crippen molar-refractivity contribution in [2.45, 2.75) is 18.8 Å². The lowest BCUT2D eigenvalue weighted by Crippen LogP contribution is -2.15. The molecule has 1 heterocycles. The van der Waals surface area contributed by atoms with Gasteiger partial charge in [-0.05, 0) is 12.8 Å². The van der Waals surface area contributed by atoms with Crippen molar-refractivity contribution in [2.24, 2.45) is 5.73 Å². The molecule has 1 aromatic rings. The van der Waals surface area contributed by atoms with Gasteiger partial charge in [0.2, 0.25) is 5.88 Å². The highest BCUT2D eigenvalue weighted by atomic mass is 16.5. The summed E-state index contributed by atoms with van der Waals surface area (Å²) < 4.78 is 5.20. The maximum atomic E-state index is 11.2. The van der Waals surface area contributed by atoms with Gasteiger partial charge < -0.3 is 15.5 Å². The first-order valence-corrected chi connectivity index (χ1v) is 4.73. The van der Waals surface area contributed by atoms with Gasteiger partial charge in [-0.2, -0.15) is 4.98 Å². The second-order valence-electron chi connectivity index (χ2n) is 3.38. The smallest absolute Gasteiger partial charge is 0.254 e. The minimum Gasteiger partial charge on any atom is -0.476 e. The van der Waals surface area contributed by atoms with Crippen LogP contribution in [0.25, 0.3) is 0 Å². The van der Waals surface area contributed by atoms with Gasteiger partial charge in [0.1, 0.15) is 12.4 Å². The van der Waals surface area contributed by atoms with Crippen LogP contribution >= 0.6 is 0 Å². The number of nitrogens with two attached hydrogens (primary N) is 1. The number of aromatic nitrogens is 2. The van der Waals surface area contributed by atoms with Crippen LogP contribution in [0, 0.1) is 0 Å². The second kappa shape index (κ2) is 3.79. The van der Waals surface area contributed by atoms with Crippen molar-refractivity contribution in [3.05, 3.63) is 22.2 Å². The average Bonchev–Trinajstić information content (AvgIpc) is 2.97. The number of rotatable bonds is 4. The highest BCUT2D eigenvalue weighted by Crippen LogP contribution is 2.37. The molecule has 3 N–H and O–H groups in total. The normalized spacial score (nSPS) is 15.5. The molecule has 0 bridgehead atoms. The third kappa shape index (κ3) is 2.11. The first-order chi connectivity index (χ1) is 6.79. The Hall–Kier alpha value is -1.36. The zero-order chi connectivity index (χ0) is 9.97. The highest BCUT2D eigenvalue weighted by molar-refractivity contribution is 5.13. The fourth-order valence-electron chi connectivity index (χ4n) is 1.24. The zero-order valence-corrected chi connectivity index (χ0v) is 7.82. The van der Waals surface area contributed by atoms with Crippen LogP contribution in [0.1, 0.15) is 24.6 Å². The van der Waals surface area contributed by atoms with Crippen molar-refractivity contribution in [1.82, 2.24) is 9.97 Å². The molecule has 0 aliphatic heterocycles. The molecule has 1 fully saturated rings. The molecule has 76 valence electrons. The Labute approximate surface area is 81.3 Å². The summed E-state index contributed by atoms with van der Waals surface area (Å²) in [6.45, 7) is 0.813. The highest BCUT2D eigenvalue weighted by Gasteiger charge is 2.26. The lowest BCUT2D eigenvalue weighted by molar-refractivity contribution is 0.313. The maximum absolute atomic E-state index is 11.2. The summed E-state index contributed by atoms with van der Waals surface area (Å²) >= 11 is 0. The Kier molecular flexibility index (Phi) is 2.49. The van der Waals surface area contributed by atoms with Crippen LogP contribution in [0.2, 0.25) is 0 Å². The Balaban J connectivity index is 2.18. The standard InChI is InChI=1S/C9H13N3O2/c10-3-4-14-8-5-7(13)11-9(12-8)6-1-2-6/h5-6H,1-4,10H2,(H,11,12,13). The summed E-state index contributed by atoms with van der Waals surface area (Å²) in [7, 11) is 0. The molecule has 0 aromatic carbocycles. The van der Waals surface area contributed by atoms with E-state index in [0.29, 0.717) is 24.9 Å². The van der Waals surface area contributed by atoms with Gasteiger partial charge in [0, 0.05) is 12.5 Å². The summed E-state index contributed by atoms with van der Waals surface area (Å²) in [5.74, 6) is 1.54. The fourth-order valence-corrected chi connectivity index (χ4v) is 1.24. The fraction of sp³-hybridized carbons (Fsp3) is 0.556. The SMILES string of the molecule is NCCOc1cc(=O)[nH]c(C2CC2)n1. The van der Waals surface area contributed by atoms with Crippen LogP contribution in [-0.2, 0) is 0 Å². The number of ether oxygens (including phenoxy) is 1. The molecule has 1 aliphatic carbocycles. The monoisotopic (exact) mass is 195 g/mol. The predicted molar refractivity (Wildman–Crippen MR) is 51.4 cm³/mol. The van der Waals surface area contributed by atoms with E-state index in [1.54, 1.807) is 0 Å². The Bertz CT molecular complexity index is 371. The van der Waals surface area contributed by atoms with Gasteiger partial charge >= 0.3 is 0 Å². The predicted octanol–water partition coefficient (Wildman–Crippen LogP) is -0.0152. The average molecular weight is 195 g/mol. The van der Waals surface area contributed by atoms with E-state index in [1.165, 1.54) is 6.07 Å². The minimum absolute atomic E-state index is 0.158. The largest absolute Gasteiger partial charge is 0.476 e. The van der Waals surface area contributed by atoms with Gasteiger partial charge in [0.25, 0.3) is 5.56 Å². The van der Waals surface area contributed by atoms with Gasteiger partial charge in [0.05, 0.1) is 6.07 Å². The molecule has 5 heteroatoms. The van der Waals surface area contributed by atoms with Gasteiger partial charge in [-0.1, -0.05) is 0 Å². The van der Waals surface area contributed by atoms with Crippen molar-refractivity contribution in [2.75, 3.05) is 13.2 Å². The van der Waals surface area contributed by atoms with Crippen molar-refractivity contribution in [3.8, 4) is 5.88 Å². The molecule has 1 aromatic heterocycles. The quantitative estimate of drug-likeness (QED) is 0.707. The molecule has 2 rings (SSSR count). The van der Waals surface area contributed by atoms with Crippen LogP contribution in [0.4, 0.5) is 0 Å². The molecule has 0 unspecified atom stereocenters. The number of aromatic amines is 1. The molecular formula is C9H13N3O2. The molecule has 5 nitrogen and oxygen atoms in total. The van der Waals surface area contributed by atoms with E-state index < -0.39 is 0 Å². The summed E-state index contributed by atoms with van der Waals surface area (Å²) in [5.41, 5.74) is 5.13. The maximum Gasteiger partial charge on any atom is 0.254 e. The number of nitrogens with zero attached hydrogens (tertiary/aromatic N) is 1. The third-order valence-electron chi connectivity index (χ3n) is 2.07. The summed E-state index contributed by atoms with van der Waals surface area (Å²) in [6.07, 6.45) is 2.20. The van der Waals surface area contributed by atoms with E-state index >= 15 is 0 Å². The third-order valence-corrected chi connectivity index (χ3v) is 2.07. The molecule has 0 spiro atoms. The van der Waals surface area contributed by atoms with Gasteiger partial charge in [0.15, 0.2) is 0 Å². The van der Waals surface area contributed by atoms with Crippen molar-refractivity contribution in [3.63, 3.8) is 0 Å². The van der Waals surface area contributed by atoms with Gasteiger partial charge in [-0.3, -0.25) is 4.79 Å². The van der Waals surface area contributed by atoms with Crippen molar-refractivity contribution >= 4 is 0 Å². The Morgan fingerprint density at radius 1 is 1.64 bits per heavy atom. The van der Waals surface area contributed by atoms with Crippen molar-refractivity contribution < 1.29 is 4.74 Å². The van der Waals surface area contributed by atoms with Gasteiger partial charge in [-0.15, -0.1) is 0 Å². The van der Waals surface area contributed by atoms with Crippen LogP contribution in [0.3, 0.4) is 0 Å². The molecule has 1 saturated carbocycles. The zero-order valence-electron chi connectivity index (χ0n) is 7.82. The summed E-state index contributed by atoms with van der Waals surface area (Å²) in [6, 6.07) is 1.35. The number of hydrogen-bond acceptors (Lipinski definition) is 4. The molecule has 14 heavy (non-hydrogen) atoms.